The molecule has 1 N–H and O–H groups in total. The molecule has 1 saturated heterocycles. The van der Waals surface area contributed by atoms with E-state index in [0.29, 0.717) is 6.10 Å². The van der Waals surface area contributed by atoms with Crippen LogP contribution in [0.3, 0.4) is 0 Å². The van der Waals surface area contributed by atoms with Gasteiger partial charge in [-0.1, -0.05) is 46.0 Å². The van der Waals surface area contributed by atoms with Crippen LogP contribution >= 0.6 is 0 Å². The SMILES string of the molecule is CCCCCCCC1OCCCC1CNCCC. The van der Waals surface area contributed by atoms with Crippen LogP contribution in [0.1, 0.15) is 71.6 Å². The van der Waals surface area contributed by atoms with E-state index in [9.17, 15) is 0 Å². The molecule has 108 valence electrons. The first-order chi connectivity index (χ1) is 8.88. The second-order valence-corrected chi connectivity index (χ2v) is 5.72. The van der Waals surface area contributed by atoms with Gasteiger partial charge in [0.05, 0.1) is 6.10 Å². The van der Waals surface area contributed by atoms with Gasteiger partial charge in [0.15, 0.2) is 0 Å². The molecule has 2 heteroatoms. The van der Waals surface area contributed by atoms with Gasteiger partial charge in [-0.2, -0.15) is 0 Å². The van der Waals surface area contributed by atoms with Crippen molar-refractivity contribution in [3.05, 3.63) is 0 Å². The topological polar surface area (TPSA) is 21.3 Å². The van der Waals surface area contributed by atoms with Crippen molar-refractivity contribution in [2.45, 2.75) is 77.7 Å². The molecular formula is C16H33NO. The van der Waals surface area contributed by atoms with Crippen molar-refractivity contribution < 1.29 is 4.74 Å². The second kappa shape index (κ2) is 10.8. The Morgan fingerprint density at radius 2 is 1.89 bits per heavy atom. The van der Waals surface area contributed by atoms with Crippen molar-refractivity contribution in [3.8, 4) is 0 Å². The van der Waals surface area contributed by atoms with E-state index in [2.05, 4.69) is 19.2 Å². The Morgan fingerprint density at radius 3 is 2.67 bits per heavy atom. The van der Waals surface area contributed by atoms with Gasteiger partial charge in [0.1, 0.15) is 0 Å². The molecule has 0 spiro atoms. The van der Waals surface area contributed by atoms with Gasteiger partial charge in [-0.3, -0.25) is 0 Å². The zero-order valence-corrected chi connectivity index (χ0v) is 12.5. The van der Waals surface area contributed by atoms with Gasteiger partial charge < -0.3 is 10.1 Å². The molecule has 2 nitrogen and oxygen atoms in total. The standard InChI is InChI=1S/C16H33NO/c1-3-5-6-7-8-11-16-15(10-9-13-18-16)14-17-12-4-2/h15-17H,3-14H2,1-2H3. The van der Waals surface area contributed by atoms with Gasteiger partial charge in [0.2, 0.25) is 0 Å². The third-order valence-corrected chi connectivity index (χ3v) is 4.00. The van der Waals surface area contributed by atoms with E-state index in [1.807, 2.05) is 0 Å². The smallest absolute Gasteiger partial charge is 0.0615 e. The Morgan fingerprint density at radius 1 is 1.06 bits per heavy atom. The van der Waals surface area contributed by atoms with Crippen molar-refractivity contribution in [1.29, 1.82) is 0 Å². The van der Waals surface area contributed by atoms with Crippen LogP contribution in [0.25, 0.3) is 0 Å². The average Bonchev–Trinajstić information content (AvgIpc) is 2.40. The minimum absolute atomic E-state index is 0.532. The highest BCUT2D eigenvalue weighted by atomic mass is 16.5. The van der Waals surface area contributed by atoms with Crippen LogP contribution in [0.15, 0.2) is 0 Å². The summed E-state index contributed by atoms with van der Waals surface area (Å²) in [4.78, 5) is 0. The zero-order valence-electron chi connectivity index (χ0n) is 12.5. The normalized spacial score (nSPS) is 24.3. The number of hydrogen-bond donors (Lipinski definition) is 1. The first kappa shape index (κ1) is 16.0. The molecular weight excluding hydrogens is 222 g/mol. The van der Waals surface area contributed by atoms with Gasteiger partial charge in [0.25, 0.3) is 0 Å². The van der Waals surface area contributed by atoms with E-state index in [1.165, 1.54) is 57.8 Å². The van der Waals surface area contributed by atoms with E-state index in [0.717, 1.165) is 25.6 Å². The molecule has 2 atom stereocenters. The van der Waals surface area contributed by atoms with Crippen LogP contribution in [0, 0.1) is 5.92 Å². The summed E-state index contributed by atoms with van der Waals surface area (Å²) in [5.74, 6) is 0.761. The number of unbranched alkanes of at least 4 members (excludes halogenated alkanes) is 4. The lowest BCUT2D eigenvalue weighted by Gasteiger charge is -2.32. The summed E-state index contributed by atoms with van der Waals surface area (Å²) in [5.41, 5.74) is 0. The molecule has 18 heavy (non-hydrogen) atoms. The lowest BCUT2D eigenvalue weighted by Crippen LogP contribution is -2.37. The van der Waals surface area contributed by atoms with E-state index in [-0.39, 0.29) is 0 Å². The maximum absolute atomic E-state index is 5.99. The number of ether oxygens (including phenoxy) is 1. The molecule has 1 rings (SSSR count). The maximum Gasteiger partial charge on any atom is 0.0615 e. The van der Waals surface area contributed by atoms with Crippen molar-refractivity contribution in [3.63, 3.8) is 0 Å². The van der Waals surface area contributed by atoms with Crippen molar-refractivity contribution in [1.82, 2.24) is 5.32 Å². The Balaban J connectivity index is 2.13. The molecule has 0 aromatic heterocycles. The van der Waals surface area contributed by atoms with E-state index in [4.69, 9.17) is 4.74 Å². The van der Waals surface area contributed by atoms with Gasteiger partial charge >= 0.3 is 0 Å². The highest BCUT2D eigenvalue weighted by Gasteiger charge is 2.24. The first-order valence-electron chi connectivity index (χ1n) is 8.20. The van der Waals surface area contributed by atoms with Crippen LogP contribution in [0.2, 0.25) is 0 Å². The summed E-state index contributed by atoms with van der Waals surface area (Å²) in [7, 11) is 0. The Hall–Kier alpha value is -0.0800. The van der Waals surface area contributed by atoms with Crippen LogP contribution < -0.4 is 5.32 Å². The third kappa shape index (κ3) is 6.75. The third-order valence-electron chi connectivity index (χ3n) is 4.00. The highest BCUT2D eigenvalue weighted by Crippen LogP contribution is 2.24. The molecule has 1 aliphatic rings. The van der Waals surface area contributed by atoms with Gasteiger partial charge in [-0.05, 0) is 38.1 Å². The molecule has 0 aromatic carbocycles. The molecule has 1 fully saturated rings. The summed E-state index contributed by atoms with van der Waals surface area (Å²) in [6, 6.07) is 0. The predicted molar refractivity (Wildman–Crippen MR) is 79.0 cm³/mol. The fourth-order valence-corrected chi connectivity index (χ4v) is 2.87. The monoisotopic (exact) mass is 255 g/mol. The predicted octanol–water partition coefficient (Wildman–Crippen LogP) is 4.14. The maximum atomic E-state index is 5.99. The molecule has 0 aromatic rings. The molecule has 1 heterocycles. The summed E-state index contributed by atoms with van der Waals surface area (Å²) < 4.78 is 5.99. The van der Waals surface area contributed by atoms with Gasteiger partial charge in [-0.15, -0.1) is 0 Å². The Kier molecular flexibility index (Phi) is 9.59. The summed E-state index contributed by atoms with van der Waals surface area (Å²) >= 11 is 0. The Bertz CT molecular complexity index is 184. The lowest BCUT2D eigenvalue weighted by atomic mass is 9.90. The number of rotatable bonds is 10. The van der Waals surface area contributed by atoms with E-state index < -0.39 is 0 Å². The van der Waals surface area contributed by atoms with Gasteiger partial charge in [0, 0.05) is 13.2 Å². The molecule has 0 bridgehead atoms. The van der Waals surface area contributed by atoms with Crippen molar-refractivity contribution in [2.24, 2.45) is 5.92 Å². The molecule has 0 saturated carbocycles. The second-order valence-electron chi connectivity index (χ2n) is 5.72. The Labute approximate surface area is 114 Å². The van der Waals surface area contributed by atoms with Crippen LogP contribution in [0.4, 0.5) is 0 Å². The molecule has 1 aliphatic heterocycles. The highest BCUT2D eigenvalue weighted by molar-refractivity contribution is 4.76. The molecule has 2 unspecified atom stereocenters. The summed E-state index contributed by atoms with van der Waals surface area (Å²) in [6.07, 6.45) is 12.5. The van der Waals surface area contributed by atoms with Crippen LogP contribution in [-0.4, -0.2) is 25.8 Å². The fraction of sp³-hybridized carbons (Fsp3) is 1.00. The van der Waals surface area contributed by atoms with Gasteiger partial charge in [-0.25, -0.2) is 0 Å². The molecule has 0 radical (unpaired) electrons. The molecule has 0 aliphatic carbocycles. The van der Waals surface area contributed by atoms with Crippen molar-refractivity contribution in [2.75, 3.05) is 19.7 Å². The summed E-state index contributed by atoms with van der Waals surface area (Å²) in [6.45, 7) is 7.81. The average molecular weight is 255 g/mol. The quantitative estimate of drug-likeness (QED) is 0.592. The first-order valence-corrected chi connectivity index (χ1v) is 8.20. The van der Waals surface area contributed by atoms with Crippen molar-refractivity contribution >= 4 is 0 Å². The van der Waals surface area contributed by atoms with E-state index >= 15 is 0 Å². The zero-order chi connectivity index (χ0) is 13.1. The minimum atomic E-state index is 0.532. The molecule has 0 amide bonds. The summed E-state index contributed by atoms with van der Waals surface area (Å²) in [5, 5.41) is 3.57. The van der Waals surface area contributed by atoms with E-state index in [1.54, 1.807) is 0 Å². The number of hydrogen-bond acceptors (Lipinski definition) is 2. The number of nitrogens with one attached hydrogen (secondary N) is 1. The lowest BCUT2D eigenvalue weighted by molar-refractivity contribution is -0.0313. The largest absolute Gasteiger partial charge is 0.378 e. The van der Waals surface area contributed by atoms with Crippen LogP contribution in [0.5, 0.6) is 0 Å². The minimum Gasteiger partial charge on any atom is -0.378 e. The fourth-order valence-electron chi connectivity index (χ4n) is 2.87. The van der Waals surface area contributed by atoms with Crippen LogP contribution in [-0.2, 0) is 4.74 Å².